The first kappa shape index (κ1) is 23.1. The van der Waals surface area contributed by atoms with Crippen LogP contribution >= 0.6 is 0 Å². The molecule has 1 aromatic carbocycles. The van der Waals surface area contributed by atoms with E-state index in [1.807, 2.05) is 11.9 Å². The van der Waals surface area contributed by atoms with Gasteiger partial charge in [-0.05, 0) is 13.0 Å². The van der Waals surface area contributed by atoms with E-state index >= 15 is 0 Å². The minimum Gasteiger partial charge on any atom is -0.385 e. The molecule has 0 fully saturated rings. The van der Waals surface area contributed by atoms with Crippen LogP contribution in [0.4, 0.5) is 18.9 Å². The lowest BCUT2D eigenvalue weighted by molar-refractivity contribution is -0.387. The fourth-order valence-electron chi connectivity index (χ4n) is 1.88. The summed E-state index contributed by atoms with van der Waals surface area (Å²) in [6.07, 6.45) is -4.48. The van der Waals surface area contributed by atoms with Crippen LogP contribution in [-0.4, -0.2) is 43.0 Å². The fraction of sp³-hybridized carbons (Fsp3) is 0.385. The van der Waals surface area contributed by atoms with Gasteiger partial charge in [-0.1, -0.05) is 0 Å². The van der Waals surface area contributed by atoms with Crippen molar-refractivity contribution in [1.82, 2.24) is 9.66 Å². The van der Waals surface area contributed by atoms with Gasteiger partial charge in [0, 0.05) is 19.8 Å². The molecule has 2 rings (SSSR count). The topological polar surface area (TPSA) is 153 Å². The average Bonchev–Trinajstić information content (AvgIpc) is 2.56. The van der Waals surface area contributed by atoms with E-state index in [2.05, 4.69) is 4.74 Å². The second-order valence-corrected chi connectivity index (χ2v) is 6.91. The van der Waals surface area contributed by atoms with Gasteiger partial charge in [-0.15, -0.1) is 0 Å². The maximum Gasteiger partial charge on any atom is 0.423 e. The molecule has 11 nitrogen and oxygen atoms in total. The Balaban J connectivity index is 0.000000892. The van der Waals surface area contributed by atoms with Crippen molar-refractivity contribution in [1.29, 1.82) is 0 Å². The van der Waals surface area contributed by atoms with Crippen LogP contribution in [-0.2, 0) is 20.9 Å². The van der Waals surface area contributed by atoms with Crippen LogP contribution in [0, 0.1) is 10.1 Å². The van der Waals surface area contributed by atoms with Gasteiger partial charge in [0.1, 0.15) is 5.56 Å². The number of benzene rings is 1. The largest absolute Gasteiger partial charge is 0.423 e. The summed E-state index contributed by atoms with van der Waals surface area (Å²) in [6.45, 7) is 2.78. The zero-order chi connectivity index (χ0) is 21.9. The molecule has 0 aliphatic carbocycles. The Bertz CT molecular complexity index is 1100. The summed E-state index contributed by atoms with van der Waals surface area (Å²) in [5, 5.41) is 10.1. The number of nitro groups is 1. The monoisotopic (exact) mass is 428 g/mol. The summed E-state index contributed by atoms with van der Waals surface area (Å²) in [4.78, 5) is 36.6. The van der Waals surface area contributed by atoms with Gasteiger partial charge in [0.15, 0.2) is 0 Å². The van der Waals surface area contributed by atoms with E-state index in [-0.39, 0.29) is 10.7 Å². The molecule has 0 amide bonds. The van der Waals surface area contributed by atoms with Crippen molar-refractivity contribution < 1.29 is 31.2 Å². The van der Waals surface area contributed by atoms with Crippen molar-refractivity contribution in [3.63, 3.8) is 0 Å². The Morgan fingerprint density at radius 1 is 1.32 bits per heavy atom. The highest BCUT2D eigenvalue weighted by Gasteiger charge is 2.39. The number of alkyl halides is 3. The van der Waals surface area contributed by atoms with Crippen LogP contribution in [0.1, 0.15) is 12.5 Å². The summed E-state index contributed by atoms with van der Waals surface area (Å²) in [5.41, 5.74) is -6.43. The predicted molar refractivity (Wildman–Crippen MR) is 92.2 cm³/mol. The Kier molecular flexibility index (Phi) is 6.92. The Labute approximate surface area is 154 Å². The highest BCUT2D eigenvalue weighted by molar-refractivity contribution is 7.91. The third-order valence-corrected chi connectivity index (χ3v) is 3.58. The molecule has 2 aromatic rings. The van der Waals surface area contributed by atoms with Gasteiger partial charge in [0.2, 0.25) is 10.0 Å². The van der Waals surface area contributed by atoms with Crippen molar-refractivity contribution >= 4 is 26.6 Å². The molecule has 1 heterocycles. The highest BCUT2D eigenvalue weighted by Crippen LogP contribution is 2.37. The van der Waals surface area contributed by atoms with E-state index in [0.717, 1.165) is 6.61 Å². The van der Waals surface area contributed by atoms with Crippen LogP contribution in [0.5, 0.6) is 0 Å². The van der Waals surface area contributed by atoms with E-state index in [4.69, 9.17) is 0 Å². The van der Waals surface area contributed by atoms with Gasteiger partial charge in [-0.2, -0.15) is 17.8 Å². The van der Waals surface area contributed by atoms with Gasteiger partial charge >= 0.3 is 11.9 Å². The average molecular weight is 428 g/mol. The van der Waals surface area contributed by atoms with E-state index in [1.165, 1.54) is 0 Å². The molecule has 0 aliphatic rings. The summed E-state index contributed by atoms with van der Waals surface area (Å²) in [6, 6.07) is 0.554. The summed E-state index contributed by atoms with van der Waals surface area (Å²) in [5.74, 6) is 0. The van der Waals surface area contributed by atoms with E-state index in [1.54, 1.807) is 11.9 Å². The van der Waals surface area contributed by atoms with Gasteiger partial charge in [0.25, 0.3) is 11.2 Å². The Morgan fingerprint density at radius 2 is 1.86 bits per heavy atom. The lowest BCUT2D eigenvalue weighted by Crippen LogP contribution is -2.43. The molecule has 0 aliphatic heterocycles. The maximum absolute atomic E-state index is 12.9. The van der Waals surface area contributed by atoms with Crippen LogP contribution in [0.25, 0.3) is 10.9 Å². The second-order valence-electron chi connectivity index (χ2n) is 5.18. The minimum absolute atomic E-state index is 0.0192. The number of hydrogen-bond donors (Lipinski definition) is 2. The fourth-order valence-corrected chi connectivity index (χ4v) is 2.38. The van der Waals surface area contributed by atoms with Gasteiger partial charge in [-0.25, -0.2) is 18.0 Å². The predicted octanol–water partition coefficient (Wildman–Crippen LogP) is 0.773. The van der Waals surface area contributed by atoms with Crippen molar-refractivity contribution in [2.45, 2.75) is 13.1 Å². The molecule has 0 bridgehead atoms. The third-order valence-electron chi connectivity index (χ3n) is 3.06. The molecular formula is C13H15F3N4O7S. The van der Waals surface area contributed by atoms with Crippen LogP contribution < -0.4 is 16.1 Å². The van der Waals surface area contributed by atoms with E-state index in [9.17, 15) is 41.3 Å². The molecule has 2 N–H and O–H groups in total. The number of ether oxygens (including phenoxy) is 1. The first-order valence-corrected chi connectivity index (χ1v) is 9.13. The standard InChI is InChI=1S/C10H7F3N4O6S.C3H8O/c1-24(22,23)15-16-8(18)4-2-7(17(20)21)5(10(11,12)13)3-6(4)14-9(16)19;1-3-4-2/h2-3,15H,1H3,(H,14,19);3H2,1-2H3. The quantitative estimate of drug-likeness (QED) is 0.539. The number of fused-ring (bicyclic) bond motifs is 1. The van der Waals surface area contributed by atoms with Crippen LogP contribution in [0.3, 0.4) is 0 Å². The second kappa shape index (κ2) is 8.39. The number of rotatable bonds is 4. The maximum atomic E-state index is 12.9. The number of aromatic nitrogens is 2. The van der Waals surface area contributed by atoms with Gasteiger partial charge in [-0.3, -0.25) is 14.9 Å². The molecule has 15 heteroatoms. The number of sulfonamides is 1. The molecule has 0 saturated carbocycles. The van der Waals surface area contributed by atoms with Crippen molar-refractivity contribution in [2.75, 3.05) is 24.8 Å². The molecule has 0 spiro atoms. The first-order valence-electron chi connectivity index (χ1n) is 7.24. The van der Waals surface area contributed by atoms with E-state index in [0.29, 0.717) is 12.3 Å². The van der Waals surface area contributed by atoms with Crippen LogP contribution in [0.15, 0.2) is 21.7 Å². The number of hydrogen-bond acceptors (Lipinski definition) is 7. The first-order chi connectivity index (χ1) is 12.7. The Hall–Kier alpha value is -2.94. The molecule has 156 valence electrons. The Morgan fingerprint density at radius 3 is 2.25 bits per heavy atom. The number of aromatic amines is 1. The zero-order valence-electron chi connectivity index (χ0n) is 14.7. The lowest BCUT2D eigenvalue weighted by atomic mass is 10.1. The summed E-state index contributed by atoms with van der Waals surface area (Å²) in [7, 11) is -2.39. The minimum atomic E-state index is -5.10. The molecule has 0 saturated heterocycles. The molecule has 0 unspecified atom stereocenters. The molecular weight excluding hydrogens is 413 g/mol. The van der Waals surface area contributed by atoms with Crippen molar-refractivity contribution in [3.8, 4) is 0 Å². The van der Waals surface area contributed by atoms with Crippen LogP contribution in [0.2, 0.25) is 0 Å². The zero-order valence-corrected chi connectivity index (χ0v) is 15.5. The number of nitrogens with one attached hydrogen (secondary N) is 2. The number of methoxy groups -OCH3 is 1. The molecule has 28 heavy (non-hydrogen) atoms. The SMILES string of the molecule is CCOC.CS(=O)(=O)Nn1c(=O)[nH]c2cc(C(F)(F)F)c([N+](=O)[O-])cc2c1=O. The summed E-state index contributed by atoms with van der Waals surface area (Å²) >= 11 is 0. The number of halogens is 3. The van der Waals surface area contributed by atoms with E-state index < -0.39 is 54.5 Å². The van der Waals surface area contributed by atoms with Crippen molar-refractivity contribution in [2.24, 2.45) is 0 Å². The normalized spacial score (nSPS) is 11.6. The van der Waals surface area contributed by atoms with Gasteiger partial charge in [0.05, 0.1) is 22.1 Å². The number of nitro benzene ring substituents is 1. The molecule has 0 radical (unpaired) electrons. The number of H-pyrrole nitrogens is 1. The lowest BCUT2D eigenvalue weighted by Gasteiger charge is -2.10. The molecule has 0 atom stereocenters. The highest BCUT2D eigenvalue weighted by atomic mass is 32.2. The molecule has 1 aromatic heterocycles. The smallest absolute Gasteiger partial charge is 0.385 e. The third kappa shape index (κ3) is 5.53. The summed E-state index contributed by atoms with van der Waals surface area (Å²) < 4.78 is 65.4. The van der Waals surface area contributed by atoms with Gasteiger partial charge < -0.3 is 9.72 Å². The number of nitrogens with zero attached hydrogens (tertiary/aromatic N) is 2. The van der Waals surface area contributed by atoms with Crippen molar-refractivity contribution in [3.05, 3.63) is 48.6 Å².